The van der Waals surface area contributed by atoms with E-state index in [1.165, 1.54) is 0 Å². The van der Waals surface area contributed by atoms with Crippen LogP contribution in [-0.4, -0.2) is 11.9 Å². The molecule has 0 aliphatic rings. The number of carbonyl (C=O) groups excluding carboxylic acids is 2. The first-order chi connectivity index (χ1) is 4.13. The van der Waals surface area contributed by atoms with Gasteiger partial charge < -0.3 is 15.6 Å². The third kappa shape index (κ3) is 6.94. The zero-order valence-corrected chi connectivity index (χ0v) is 4.92. The Balaban J connectivity index is 3.10. The van der Waals surface area contributed by atoms with Gasteiger partial charge in [0.2, 0.25) is 5.91 Å². The molecule has 0 rings (SSSR count). The molecule has 0 fully saturated rings. The van der Waals surface area contributed by atoms with Crippen LogP contribution in [-0.2, 0) is 9.59 Å². The maximum absolute atomic E-state index is 9.99. The standard InChI is InChI=1S/C5H9NO3/c6-4(7)2-1-3-5(8)9/h1-3H2,(H2,6,7)(H,8,9)/p-1. The summed E-state index contributed by atoms with van der Waals surface area (Å²) in [5.41, 5.74) is 4.73. The summed E-state index contributed by atoms with van der Waals surface area (Å²) < 4.78 is 0. The Morgan fingerprint density at radius 3 is 2.22 bits per heavy atom. The molecule has 0 spiro atoms. The van der Waals surface area contributed by atoms with Crippen LogP contribution in [0.15, 0.2) is 0 Å². The number of primary amides is 1. The van der Waals surface area contributed by atoms with Gasteiger partial charge in [0.05, 0.1) is 0 Å². The molecule has 4 nitrogen and oxygen atoms in total. The van der Waals surface area contributed by atoms with E-state index in [0.29, 0.717) is 0 Å². The van der Waals surface area contributed by atoms with Crippen molar-refractivity contribution in [2.75, 3.05) is 0 Å². The van der Waals surface area contributed by atoms with E-state index in [2.05, 4.69) is 0 Å². The molecule has 0 saturated carbocycles. The molecule has 0 radical (unpaired) electrons. The first-order valence-electron chi connectivity index (χ1n) is 2.61. The fourth-order valence-corrected chi connectivity index (χ4v) is 0.407. The van der Waals surface area contributed by atoms with Gasteiger partial charge in [-0.15, -0.1) is 0 Å². The van der Waals surface area contributed by atoms with Gasteiger partial charge >= 0.3 is 0 Å². The first-order valence-corrected chi connectivity index (χ1v) is 2.61. The summed E-state index contributed by atoms with van der Waals surface area (Å²) in [7, 11) is 0. The van der Waals surface area contributed by atoms with Gasteiger partial charge in [-0.05, 0) is 12.8 Å². The molecule has 0 unspecified atom stereocenters. The predicted octanol–water partition coefficient (Wildman–Crippen LogP) is -1.61. The topological polar surface area (TPSA) is 83.2 Å². The minimum Gasteiger partial charge on any atom is -0.550 e. The summed E-state index contributed by atoms with van der Waals surface area (Å²) in [6.45, 7) is 0. The second-order valence-electron chi connectivity index (χ2n) is 1.69. The Bertz CT molecular complexity index is 107. The molecular formula is C5H8NO3-. The van der Waals surface area contributed by atoms with E-state index in [1.54, 1.807) is 0 Å². The molecule has 4 heteroatoms. The summed E-state index contributed by atoms with van der Waals surface area (Å²) in [5.74, 6) is -1.62. The molecule has 0 aromatic carbocycles. The maximum atomic E-state index is 9.99. The van der Waals surface area contributed by atoms with E-state index in [4.69, 9.17) is 5.73 Å². The Morgan fingerprint density at radius 1 is 1.33 bits per heavy atom. The lowest BCUT2D eigenvalue weighted by Gasteiger charge is -1.97. The quantitative estimate of drug-likeness (QED) is 0.497. The van der Waals surface area contributed by atoms with Crippen LogP contribution in [0.25, 0.3) is 0 Å². The van der Waals surface area contributed by atoms with Crippen molar-refractivity contribution in [1.29, 1.82) is 0 Å². The highest BCUT2D eigenvalue weighted by Crippen LogP contribution is 1.91. The molecule has 0 heterocycles. The van der Waals surface area contributed by atoms with E-state index in [9.17, 15) is 14.7 Å². The average Bonchev–Trinajstić information content (AvgIpc) is 1.63. The van der Waals surface area contributed by atoms with Crippen molar-refractivity contribution >= 4 is 11.9 Å². The van der Waals surface area contributed by atoms with Gasteiger partial charge in [-0.25, -0.2) is 0 Å². The number of hydrogen-bond donors (Lipinski definition) is 1. The Kier molecular flexibility index (Phi) is 3.43. The number of carbonyl (C=O) groups is 2. The fourth-order valence-electron chi connectivity index (χ4n) is 0.407. The van der Waals surface area contributed by atoms with Crippen molar-refractivity contribution in [3.8, 4) is 0 Å². The second kappa shape index (κ2) is 3.88. The number of aliphatic carboxylic acids is 1. The Hall–Kier alpha value is -1.06. The molecular weight excluding hydrogens is 122 g/mol. The Labute approximate surface area is 52.7 Å². The van der Waals surface area contributed by atoms with Crippen LogP contribution >= 0.6 is 0 Å². The summed E-state index contributed by atoms with van der Waals surface area (Å²) >= 11 is 0. The van der Waals surface area contributed by atoms with Crippen molar-refractivity contribution in [3.05, 3.63) is 0 Å². The SMILES string of the molecule is NC(=O)CCCC(=O)[O-]. The summed E-state index contributed by atoms with van der Waals surface area (Å²) in [6.07, 6.45) is 0.300. The lowest BCUT2D eigenvalue weighted by Crippen LogP contribution is -2.22. The molecule has 52 valence electrons. The van der Waals surface area contributed by atoms with Gasteiger partial charge in [0.25, 0.3) is 0 Å². The molecule has 0 atom stereocenters. The lowest BCUT2D eigenvalue weighted by atomic mass is 10.2. The molecule has 0 aliphatic carbocycles. The van der Waals surface area contributed by atoms with Crippen LogP contribution in [0.5, 0.6) is 0 Å². The second-order valence-corrected chi connectivity index (χ2v) is 1.69. The predicted molar refractivity (Wildman–Crippen MR) is 28.1 cm³/mol. The van der Waals surface area contributed by atoms with Gasteiger partial charge in [0, 0.05) is 12.4 Å². The lowest BCUT2D eigenvalue weighted by molar-refractivity contribution is -0.305. The number of carboxylic acid groups (broad SMARTS) is 1. The minimum absolute atomic E-state index is 0.0943. The van der Waals surface area contributed by atoms with E-state index in [-0.39, 0.29) is 19.3 Å². The summed E-state index contributed by atoms with van der Waals surface area (Å²) in [6, 6.07) is 0. The van der Waals surface area contributed by atoms with Crippen LogP contribution in [0.2, 0.25) is 0 Å². The number of amides is 1. The summed E-state index contributed by atoms with van der Waals surface area (Å²) in [5, 5.41) is 9.72. The van der Waals surface area contributed by atoms with Crippen molar-refractivity contribution in [2.45, 2.75) is 19.3 Å². The largest absolute Gasteiger partial charge is 0.550 e. The van der Waals surface area contributed by atoms with Gasteiger partial charge in [-0.3, -0.25) is 4.79 Å². The smallest absolute Gasteiger partial charge is 0.217 e. The minimum atomic E-state index is -1.14. The monoisotopic (exact) mass is 130 g/mol. The van der Waals surface area contributed by atoms with E-state index >= 15 is 0 Å². The van der Waals surface area contributed by atoms with Gasteiger partial charge in [0.15, 0.2) is 0 Å². The van der Waals surface area contributed by atoms with E-state index in [0.717, 1.165) is 0 Å². The van der Waals surface area contributed by atoms with Gasteiger partial charge in [0.1, 0.15) is 0 Å². The molecule has 2 N–H and O–H groups in total. The number of nitrogens with two attached hydrogens (primary N) is 1. The highest BCUT2D eigenvalue weighted by atomic mass is 16.4. The maximum Gasteiger partial charge on any atom is 0.217 e. The average molecular weight is 130 g/mol. The molecule has 0 aromatic heterocycles. The fraction of sp³-hybridized carbons (Fsp3) is 0.600. The van der Waals surface area contributed by atoms with Crippen LogP contribution in [0.3, 0.4) is 0 Å². The van der Waals surface area contributed by atoms with Crippen LogP contribution in [0.4, 0.5) is 0 Å². The van der Waals surface area contributed by atoms with Gasteiger partial charge in [-0.2, -0.15) is 0 Å². The molecule has 9 heavy (non-hydrogen) atoms. The Morgan fingerprint density at radius 2 is 1.89 bits per heavy atom. The van der Waals surface area contributed by atoms with E-state index in [1.807, 2.05) is 0 Å². The van der Waals surface area contributed by atoms with Crippen molar-refractivity contribution in [1.82, 2.24) is 0 Å². The molecule has 1 amide bonds. The number of hydrogen-bond acceptors (Lipinski definition) is 3. The van der Waals surface area contributed by atoms with Crippen LogP contribution < -0.4 is 10.8 Å². The molecule has 0 bridgehead atoms. The number of carboxylic acids is 1. The van der Waals surface area contributed by atoms with Crippen molar-refractivity contribution in [3.63, 3.8) is 0 Å². The normalized spacial score (nSPS) is 8.89. The highest BCUT2D eigenvalue weighted by molar-refractivity contribution is 5.74. The van der Waals surface area contributed by atoms with Crippen molar-refractivity contribution in [2.24, 2.45) is 5.73 Å². The zero-order valence-electron chi connectivity index (χ0n) is 4.92. The highest BCUT2D eigenvalue weighted by Gasteiger charge is 1.92. The van der Waals surface area contributed by atoms with Crippen LogP contribution in [0.1, 0.15) is 19.3 Å². The zero-order chi connectivity index (χ0) is 7.28. The van der Waals surface area contributed by atoms with Crippen LogP contribution in [0, 0.1) is 0 Å². The van der Waals surface area contributed by atoms with Crippen molar-refractivity contribution < 1.29 is 14.7 Å². The third-order valence-corrected chi connectivity index (χ3v) is 0.804. The number of rotatable bonds is 4. The first kappa shape index (κ1) is 7.94. The third-order valence-electron chi connectivity index (χ3n) is 0.804. The summed E-state index contributed by atoms with van der Waals surface area (Å²) in [4.78, 5) is 19.7. The molecule has 0 aliphatic heterocycles. The molecule has 0 saturated heterocycles. The van der Waals surface area contributed by atoms with E-state index < -0.39 is 11.9 Å². The van der Waals surface area contributed by atoms with Gasteiger partial charge in [-0.1, -0.05) is 0 Å². The molecule has 0 aromatic rings.